The molecule has 6 nitrogen and oxygen atoms in total. The zero-order valence-electron chi connectivity index (χ0n) is 22.0. The van der Waals surface area contributed by atoms with Crippen LogP contribution in [0.3, 0.4) is 0 Å². The molecule has 0 spiro atoms. The lowest BCUT2D eigenvalue weighted by molar-refractivity contribution is -0.116. The lowest BCUT2D eigenvalue weighted by Gasteiger charge is -2.33. The van der Waals surface area contributed by atoms with Crippen molar-refractivity contribution in [1.29, 1.82) is 5.26 Å². The Labute approximate surface area is 243 Å². The largest absolute Gasteiger partial charge is 0.489 e. The van der Waals surface area contributed by atoms with E-state index < -0.39 is 5.92 Å². The first-order valence-electron chi connectivity index (χ1n) is 13.1. The van der Waals surface area contributed by atoms with E-state index >= 15 is 0 Å². The highest BCUT2D eigenvalue weighted by Gasteiger charge is 2.37. The molecule has 1 atom stereocenters. The van der Waals surface area contributed by atoms with Gasteiger partial charge >= 0.3 is 0 Å². The monoisotopic (exact) mass is 569 g/mol. The fourth-order valence-electron chi connectivity index (χ4n) is 4.87. The standard InChI is InChI=1S/C32H28ClN3O3S/c1-20-10-13-23(16-26(20)33)35-29(38)19-40-32-25(17-34)30(31-27(36-32)8-5-9-28(31)37)22-11-14-24(15-12-22)39-18-21-6-3-2-4-7-21/h2-4,6-7,10-16,30,36H,5,8-9,18-19H2,1H3,(H,35,38)/t30-/m1/s1. The molecule has 8 heteroatoms. The molecule has 0 saturated heterocycles. The second kappa shape index (κ2) is 12.5. The van der Waals surface area contributed by atoms with E-state index in [4.69, 9.17) is 16.3 Å². The van der Waals surface area contributed by atoms with Crippen LogP contribution in [0.4, 0.5) is 5.69 Å². The molecule has 0 saturated carbocycles. The molecule has 5 rings (SSSR count). The van der Waals surface area contributed by atoms with E-state index in [-0.39, 0.29) is 17.4 Å². The summed E-state index contributed by atoms with van der Waals surface area (Å²) in [6.07, 6.45) is 1.92. The number of allylic oxidation sites excluding steroid dienone is 3. The van der Waals surface area contributed by atoms with E-state index in [1.54, 1.807) is 12.1 Å². The first kappa shape index (κ1) is 27.6. The molecule has 202 valence electrons. The fourth-order valence-corrected chi connectivity index (χ4v) is 5.92. The van der Waals surface area contributed by atoms with Gasteiger partial charge in [-0.25, -0.2) is 0 Å². The van der Waals surface area contributed by atoms with E-state index in [9.17, 15) is 14.9 Å². The summed E-state index contributed by atoms with van der Waals surface area (Å²) in [6, 6.07) is 25.2. The Balaban J connectivity index is 1.36. The van der Waals surface area contributed by atoms with Gasteiger partial charge in [0.2, 0.25) is 5.91 Å². The molecule has 40 heavy (non-hydrogen) atoms. The SMILES string of the molecule is Cc1ccc(NC(=O)CSC2=C(C#N)[C@@H](c3ccc(OCc4ccccc4)cc3)C3=C(CCCC3=O)N2)cc1Cl. The van der Waals surface area contributed by atoms with Crippen molar-refractivity contribution in [2.75, 3.05) is 11.1 Å². The topological polar surface area (TPSA) is 91.2 Å². The summed E-state index contributed by atoms with van der Waals surface area (Å²) in [4.78, 5) is 25.8. The molecule has 1 amide bonds. The fraction of sp³-hybridized carbons (Fsp3) is 0.219. The van der Waals surface area contributed by atoms with Crippen LogP contribution in [-0.2, 0) is 16.2 Å². The zero-order chi connectivity index (χ0) is 28.1. The van der Waals surface area contributed by atoms with Gasteiger partial charge in [-0.3, -0.25) is 9.59 Å². The minimum atomic E-state index is -0.501. The number of aryl methyl sites for hydroxylation is 1. The molecule has 1 heterocycles. The number of halogens is 1. The van der Waals surface area contributed by atoms with Crippen LogP contribution in [0.5, 0.6) is 5.75 Å². The Kier molecular flexibility index (Phi) is 8.59. The third-order valence-electron chi connectivity index (χ3n) is 6.93. The van der Waals surface area contributed by atoms with Crippen LogP contribution in [0.2, 0.25) is 5.02 Å². The summed E-state index contributed by atoms with van der Waals surface area (Å²) in [5, 5.41) is 17.6. The number of ether oxygens (including phenoxy) is 1. The van der Waals surface area contributed by atoms with Crippen LogP contribution in [-0.4, -0.2) is 17.4 Å². The predicted octanol–water partition coefficient (Wildman–Crippen LogP) is 7.03. The molecule has 2 N–H and O–H groups in total. The van der Waals surface area contributed by atoms with Crippen LogP contribution in [0.25, 0.3) is 0 Å². The highest BCUT2D eigenvalue weighted by molar-refractivity contribution is 8.03. The number of rotatable bonds is 8. The van der Waals surface area contributed by atoms with Gasteiger partial charge in [-0.1, -0.05) is 71.9 Å². The second-order valence-electron chi connectivity index (χ2n) is 9.73. The number of carbonyl (C=O) groups excluding carboxylic acids is 2. The number of Topliss-reactive ketones (excluding diaryl/α,β-unsaturated/α-hetero) is 1. The number of nitriles is 1. The number of thioether (sulfide) groups is 1. The summed E-state index contributed by atoms with van der Waals surface area (Å²) < 4.78 is 5.94. The average molecular weight is 570 g/mol. The van der Waals surface area contributed by atoms with Gasteiger partial charge in [-0.2, -0.15) is 5.26 Å². The highest BCUT2D eigenvalue weighted by atomic mass is 35.5. The number of nitrogens with zero attached hydrogens (tertiary/aromatic N) is 1. The van der Waals surface area contributed by atoms with Crippen LogP contribution in [0, 0.1) is 18.3 Å². The number of hydrogen-bond donors (Lipinski definition) is 2. The normalized spacial score (nSPS) is 16.6. The van der Waals surface area contributed by atoms with Gasteiger partial charge in [0.05, 0.1) is 28.3 Å². The quantitative estimate of drug-likeness (QED) is 0.303. The summed E-state index contributed by atoms with van der Waals surface area (Å²) in [5.74, 6) is 0.130. The molecular formula is C32H28ClN3O3S. The molecule has 3 aromatic carbocycles. The molecule has 0 radical (unpaired) electrons. The van der Waals surface area contributed by atoms with Crippen molar-refractivity contribution in [3.05, 3.63) is 116 Å². The highest BCUT2D eigenvalue weighted by Crippen LogP contribution is 2.44. The van der Waals surface area contributed by atoms with Crippen LogP contribution < -0.4 is 15.4 Å². The number of ketones is 1. The van der Waals surface area contributed by atoms with Crippen LogP contribution >= 0.6 is 23.4 Å². The first-order valence-corrected chi connectivity index (χ1v) is 14.4. The molecular weight excluding hydrogens is 542 g/mol. The Bertz CT molecular complexity index is 1540. The van der Waals surface area contributed by atoms with Crippen molar-refractivity contribution in [2.24, 2.45) is 0 Å². The molecule has 0 bridgehead atoms. The van der Waals surface area contributed by atoms with E-state index in [2.05, 4.69) is 16.7 Å². The summed E-state index contributed by atoms with van der Waals surface area (Å²) in [6.45, 7) is 2.34. The average Bonchev–Trinajstić information content (AvgIpc) is 2.97. The molecule has 0 unspecified atom stereocenters. The molecule has 1 aliphatic heterocycles. The smallest absolute Gasteiger partial charge is 0.234 e. The molecule has 3 aromatic rings. The number of dihydropyridines is 1. The zero-order valence-corrected chi connectivity index (χ0v) is 23.6. The van der Waals surface area contributed by atoms with Crippen molar-refractivity contribution < 1.29 is 14.3 Å². The number of anilines is 1. The number of nitrogens with one attached hydrogen (secondary N) is 2. The summed E-state index contributed by atoms with van der Waals surface area (Å²) >= 11 is 7.45. The Morgan fingerprint density at radius 2 is 1.90 bits per heavy atom. The lowest BCUT2D eigenvalue weighted by atomic mass is 9.77. The van der Waals surface area contributed by atoms with Crippen molar-refractivity contribution in [3.8, 4) is 11.8 Å². The number of amides is 1. The van der Waals surface area contributed by atoms with E-state index in [0.29, 0.717) is 52.1 Å². The Morgan fingerprint density at radius 1 is 1.12 bits per heavy atom. The first-order chi connectivity index (χ1) is 19.4. The van der Waals surface area contributed by atoms with E-state index in [1.165, 1.54) is 11.8 Å². The third-order valence-corrected chi connectivity index (χ3v) is 8.35. The van der Waals surface area contributed by atoms with Crippen molar-refractivity contribution in [3.63, 3.8) is 0 Å². The second-order valence-corrected chi connectivity index (χ2v) is 11.1. The van der Waals surface area contributed by atoms with Gasteiger partial charge < -0.3 is 15.4 Å². The minimum absolute atomic E-state index is 0.0500. The maximum Gasteiger partial charge on any atom is 0.234 e. The van der Waals surface area contributed by atoms with Gasteiger partial charge in [0.15, 0.2) is 5.78 Å². The number of hydrogen-bond acceptors (Lipinski definition) is 6. The third kappa shape index (κ3) is 6.25. The summed E-state index contributed by atoms with van der Waals surface area (Å²) in [7, 11) is 0. The van der Waals surface area contributed by atoms with Gasteiger partial charge in [0.25, 0.3) is 0 Å². The van der Waals surface area contributed by atoms with E-state index in [1.807, 2.05) is 67.6 Å². The molecule has 0 fully saturated rings. The van der Waals surface area contributed by atoms with Crippen LogP contribution in [0.1, 0.15) is 41.9 Å². The number of carbonyl (C=O) groups is 2. The minimum Gasteiger partial charge on any atom is -0.489 e. The Hall–Kier alpha value is -3.99. The van der Waals surface area contributed by atoms with Gasteiger partial charge in [-0.15, -0.1) is 0 Å². The maximum absolute atomic E-state index is 13.1. The molecule has 1 aliphatic carbocycles. The lowest BCUT2D eigenvalue weighted by Crippen LogP contribution is -2.31. The maximum atomic E-state index is 13.1. The van der Waals surface area contributed by atoms with Gasteiger partial charge in [0, 0.05) is 28.4 Å². The van der Waals surface area contributed by atoms with Crippen LogP contribution in [0.15, 0.2) is 94.7 Å². The van der Waals surface area contributed by atoms with Crippen molar-refractivity contribution >= 4 is 40.7 Å². The van der Waals surface area contributed by atoms with E-state index in [0.717, 1.165) is 28.8 Å². The van der Waals surface area contributed by atoms with Gasteiger partial charge in [-0.05, 0) is 60.7 Å². The van der Waals surface area contributed by atoms with Crippen molar-refractivity contribution in [1.82, 2.24) is 5.32 Å². The predicted molar refractivity (Wildman–Crippen MR) is 159 cm³/mol. The van der Waals surface area contributed by atoms with Crippen molar-refractivity contribution in [2.45, 2.75) is 38.7 Å². The molecule has 2 aliphatic rings. The summed E-state index contributed by atoms with van der Waals surface area (Å²) in [5.41, 5.74) is 5.35. The number of benzene rings is 3. The van der Waals surface area contributed by atoms with Gasteiger partial charge in [0.1, 0.15) is 12.4 Å². The Morgan fingerprint density at radius 3 is 2.62 bits per heavy atom. The molecule has 0 aromatic heterocycles.